The maximum Gasteiger partial charge on any atom is 0.191 e. The van der Waals surface area contributed by atoms with Crippen LogP contribution in [0.4, 0.5) is 4.39 Å². The molecule has 0 aliphatic carbocycles. The van der Waals surface area contributed by atoms with Crippen LogP contribution < -0.4 is 15.4 Å². The molecule has 0 amide bonds. The average molecular weight is 450 g/mol. The third-order valence-electron chi connectivity index (χ3n) is 6.65. The number of likely N-dealkylation sites (tertiary alicyclic amines) is 2. The number of nitrogens with one attached hydrogen (secondary N) is 2. The molecule has 8 heteroatoms. The van der Waals surface area contributed by atoms with Gasteiger partial charge in [-0.2, -0.15) is 0 Å². The van der Waals surface area contributed by atoms with Crippen molar-refractivity contribution in [1.82, 2.24) is 20.4 Å². The molecule has 7 nitrogen and oxygen atoms in total. The van der Waals surface area contributed by atoms with E-state index >= 15 is 0 Å². The number of piperidine rings is 2. The number of nitrogens with zero attached hydrogens (tertiary/aromatic N) is 3. The molecule has 32 heavy (non-hydrogen) atoms. The van der Waals surface area contributed by atoms with Crippen LogP contribution in [-0.2, 0) is 11.3 Å². The lowest BCUT2D eigenvalue weighted by Crippen LogP contribution is -2.49. The maximum atomic E-state index is 13.9. The number of methoxy groups -OCH3 is 2. The number of ether oxygens (including phenoxy) is 2. The van der Waals surface area contributed by atoms with Gasteiger partial charge >= 0.3 is 0 Å². The highest BCUT2D eigenvalue weighted by molar-refractivity contribution is 5.79. The first-order valence-corrected chi connectivity index (χ1v) is 11.8. The molecule has 1 aromatic carbocycles. The van der Waals surface area contributed by atoms with Gasteiger partial charge in [-0.25, -0.2) is 4.39 Å². The number of rotatable bonds is 9. The van der Waals surface area contributed by atoms with Gasteiger partial charge in [0, 0.05) is 52.9 Å². The van der Waals surface area contributed by atoms with E-state index in [1.165, 1.54) is 20.0 Å². The number of aliphatic imine (C=N–C) groups is 1. The molecule has 0 saturated carbocycles. The highest BCUT2D eigenvalue weighted by Gasteiger charge is 2.22. The Morgan fingerprint density at radius 2 is 1.81 bits per heavy atom. The molecule has 0 unspecified atom stereocenters. The van der Waals surface area contributed by atoms with Crippen LogP contribution in [0.5, 0.6) is 5.75 Å². The Kier molecular flexibility index (Phi) is 10.0. The first kappa shape index (κ1) is 24.7. The summed E-state index contributed by atoms with van der Waals surface area (Å²) in [6.07, 6.45) is 4.55. The molecule has 0 atom stereocenters. The Hall–Kier alpha value is -1.90. The molecule has 2 heterocycles. The van der Waals surface area contributed by atoms with E-state index in [4.69, 9.17) is 9.47 Å². The summed E-state index contributed by atoms with van der Waals surface area (Å²) in [5, 5.41) is 7.14. The van der Waals surface area contributed by atoms with Gasteiger partial charge in [0.2, 0.25) is 0 Å². The summed E-state index contributed by atoms with van der Waals surface area (Å²) in [5.41, 5.74) is 0.987. The molecular formula is C24H40FN5O2. The summed E-state index contributed by atoms with van der Waals surface area (Å²) < 4.78 is 24.1. The van der Waals surface area contributed by atoms with Crippen molar-refractivity contribution in [1.29, 1.82) is 0 Å². The minimum absolute atomic E-state index is 0.294. The maximum absolute atomic E-state index is 13.9. The fourth-order valence-electron chi connectivity index (χ4n) is 4.57. The second-order valence-electron chi connectivity index (χ2n) is 8.89. The lowest BCUT2D eigenvalue weighted by atomic mass is 9.97. The zero-order valence-corrected chi connectivity index (χ0v) is 19.9. The number of guanidine groups is 1. The van der Waals surface area contributed by atoms with E-state index in [1.807, 2.05) is 13.1 Å². The van der Waals surface area contributed by atoms with Crippen LogP contribution >= 0.6 is 0 Å². The van der Waals surface area contributed by atoms with E-state index in [0.717, 1.165) is 76.8 Å². The molecule has 2 aliphatic heterocycles. The van der Waals surface area contributed by atoms with Crippen molar-refractivity contribution in [3.05, 3.63) is 29.6 Å². The molecule has 0 radical (unpaired) electrons. The van der Waals surface area contributed by atoms with Crippen molar-refractivity contribution in [3.63, 3.8) is 0 Å². The fourth-order valence-corrected chi connectivity index (χ4v) is 4.57. The van der Waals surface area contributed by atoms with E-state index in [0.29, 0.717) is 17.7 Å². The zero-order valence-electron chi connectivity index (χ0n) is 19.9. The Labute approximate surface area is 192 Å². The van der Waals surface area contributed by atoms with Crippen molar-refractivity contribution in [2.75, 3.05) is 67.1 Å². The molecule has 2 N–H and O–H groups in total. The van der Waals surface area contributed by atoms with Gasteiger partial charge in [0.15, 0.2) is 17.5 Å². The molecule has 2 fully saturated rings. The predicted octanol–water partition coefficient (Wildman–Crippen LogP) is 2.32. The van der Waals surface area contributed by atoms with Gasteiger partial charge in [0.05, 0.1) is 13.7 Å². The van der Waals surface area contributed by atoms with Crippen LogP contribution in [0.25, 0.3) is 0 Å². The summed E-state index contributed by atoms with van der Waals surface area (Å²) in [6.45, 7) is 7.87. The number of hydrogen-bond acceptors (Lipinski definition) is 5. The standard InChI is InChI=1S/C24H40FN5O2/c1-26-24(27-17-19-6-10-29(11-7-19)14-15-31-2)28-21-8-12-30(13-9-21)18-20-4-5-23(32-3)22(25)16-20/h4-5,16,19,21H,6-15,17-18H2,1-3H3,(H2,26,27,28). The molecule has 0 aromatic heterocycles. The second kappa shape index (κ2) is 13.0. The first-order chi connectivity index (χ1) is 15.6. The molecule has 1 aromatic rings. The molecule has 180 valence electrons. The SMILES string of the molecule is CN=C(NCC1CCN(CCOC)CC1)NC1CCN(Cc2ccc(OC)c(F)c2)CC1. The molecule has 2 saturated heterocycles. The normalized spacial score (nSPS) is 19.8. The first-order valence-electron chi connectivity index (χ1n) is 11.8. The van der Waals surface area contributed by atoms with E-state index < -0.39 is 0 Å². The van der Waals surface area contributed by atoms with E-state index in [9.17, 15) is 4.39 Å². The zero-order chi connectivity index (χ0) is 22.8. The van der Waals surface area contributed by atoms with E-state index in [1.54, 1.807) is 19.2 Å². The largest absolute Gasteiger partial charge is 0.494 e. The van der Waals surface area contributed by atoms with Gasteiger partial charge in [0.1, 0.15) is 0 Å². The number of benzene rings is 1. The van der Waals surface area contributed by atoms with Crippen molar-refractivity contribution in [2.24, 2.45) is 10.9 Å². The highest BCUT2D eigenvalue weighted by Crippen LogP contribution is 2.20. The Bertz CT molecular complexity index is 716. The topological polar surface area (TPSA) is 61.4 Å². The van der Waals surface area contributed by atoms with Gasteiger partial charge in [-0.3, -0.25) is 9.89 Å². The summed E-state index contributed by atoms with van der Waals surface area (Å²) in [7, 11) is 5.10. The van der Waals surface area contributed by atoms with Crippen molar-refractivity contribution < 1.29 is 13.9 Å². The third-order valence-corrected chi connectivity index (χ3v) is 6.65. The summed E-state index contributed by atoms with van der Waals surface area (Å²) in [4.78, 5) is 9.30. The lowest BCUT2D eigenvalue weighted by Gasteiger charge is -2.34. The molecule has 0 spiro atoms. The van der Waals surface area contributed by atoms with Crippen molar-refractivity contribution in [3.8, 4) is 5.75 Å². The monoisotopic (exact) mass is 449 g/mol. The third kappa shape index (κ3) is 7.60. The Morgan fingerprint density at radius 3 is 2.44 bits per heavy atom. The summed E-state index contributed by atoms with van der Waals surface area (Å²) in [6, 6.07) is 5.65. The van der Waals surface area contributed by atoms with Gasteiger partial charge in [0.25, 0.3) is 0 Å². The molecular weight excluding hydrogens is 409 g/mol. The van der Waals surface area contributed by atoms with Crippen LogP contribution in [-0.4, -0.2) is 88.9 Å². The average Bonchev–Trinajstić information content (AvgIpc) is 2.82. The number of hydrogen-bond donors (Lipinski definition) is 2. The van der Waals surface area contributed by atoms with Gasteiger partial charge in [-0.05, 0) is 62.4 Å². The molecule has 0 bridgehead atoms. The molecule has 2 aliphatic rings. The van der Waals surface area contributed by atoms with Crippen LogP contribution in [0, 0.1) is 11.7 Å². The van der Waals surface area contributed by atoms with Gasteiger partial charge in [-0.1, -0.05) is 6.07 Å². The smallest absolute Gasteiger partial charge is 0.191 e. The van der Waals surface area contributed by atoms with Crippen LogP contribution in [0.15, 0.2) is 23.2 Å². The van der Waals surface area contributed by atoms with E-state index in [-0.39, 0.29) is 5.82 Å². The van der Waals surface area contributed by atoms with E-state index in [2.05, 4.69) is 25.4 Å². The molecule has 3 rings (SSSR count). The summed E-state index contributed by atoms with van der Waals surface area (Å²) >= 11 is 0. The predicted molar refractivity (Wildman–Crippen MR) is 127 cm³/mol. The Morgan fingerprint density at radius 1 is 1.09 bits per heavy atom. The lowest BCUT2D eigenvalue weighted by molar-refractivity contribution is 0.120. The fraction of sp³-hybridized carbons (Fsp3) is 0.708. The summed E-state index contributed by atoms with van der Waals surface area (Å²) in [5.74, 6) is 1.60. The van der Waals surface area contributed by atoms with Gasteiger partial charge < -0.3 is 25.0 Å². The number of halogens is 1. The minimum atomic E-state index is -0.294. The quantitative estimate of drug-likeness (QED) is 0.446. The Balaban J connectivity index is 1.34. The highest BCUT2D eigenvalue weighted by atomic mass is 19.1. The van der Waals surface area contributed by atoms with Gasteiger partial charge in [-0.15, -0.1) is 0 Å². The van der Waals surface area contributed by atoms with Crippen LogP contribution in [0.1, 0.15) is 31.2 Å². The van der Waals surface area contributed by atoms with Crippen LogP contribution in [0.3, 0.4) is 0 Å². The second-order valence-corrected chi connectivity index (χ2v) is 8.89. The van der Waals surface area contributed by atoms with Crippen LogP contribution in [0.2, 0.25) is 0 Å². The minimum Gasteiger partial charge on any atom is -0.494 e. The van der Waals surface area contributed by atoms with Crippen molar-refractivity contribution >= 4 is 5.96 Å². The van der Waals surface area contributed by atoms with Crippen molar-refractivity contribution in [2.45, 2.75) is 38.3 Å².